The summed E-state index contributed by atoms with van der Waals surface area (Å²) in [4.78, 5) is 0. The molecular weight excluding hydrogens is 229 g/mol. The van der Waals surface area contributed by atoms with E-state index in [9.17, 15) is 4.39 Å². The van der Waals surface area contributed by atoms with Crippen LogP contribution in [0.25, 0.3) is 0 Å². The highest BCUT2D eigenvalue weighted by Gasteiger charge is 2.25. The van der Waals surface area contributed by atoms with E-state index in [0.29, 0.717) is 17.2 Å². The summed E-state index contributed by atoms with van der Waals surface area (Å²) in [6.07, 6.45) is 3.38. The molecule has 0 aliphatic heterocycles. The third-order valence-corrected chi connectivity index (χ3v) is 2.89. The normalized spacial score (nSPS) is 16.4. The Kier molecular flexibility index (Phi) is 4.56. The zero-order chi connectivity index (χ0) is 10.8. The molecule has 0 aromatic heterocycles. The van der Waals surface area contributed by atoms with Crippen LogP contribution >= 0.6 is 12.4 Å². The molecular formula is C12H17ClFNO. The molecule has 1 aliphatic rings. The molecule has 2 rings (SSSR count). The molecule has 1 aromatic carbocycles. The summed E-state index contributed by atoms with van der Waals surface area (Å²) >= 11 is 0. The molecule has 1 saturated carbocycles. The summed E-state index contributed by atoms with van der Waals surface area (Å²) in [7, 11) is 1.53. The van der Waals surface area contributed by atoms with E-state index in [1.54, 1.807) is 12.1 Å². The Bertz CT molecular complexity index is 355. The van der Waals surface area contributed by atoms with E-state index >= 15 is 0 Å². The molecule has 0 heterocycles. The Morgan fingerprint density at radius 1 is 1.50 bits per heavy atom. The fraction of sp³-hybridized carbons (Fsp3) is 0.500. The van der Waals surface area contributed by atoms with Gasteiger partial charge in [0.25, 0.3) is 0 Å². The van der Waals surface area contributed by atoms with Crippen LogP contribution < -0.4 is 10.5 Å². The fourth-order valence-corrected chi connectivity index (χ4v) is 1.78. The van der Waals surface area contributed by atoms with E-state index in [1.165, 1.54) is 26.0 Å². The number of halogens is 2. The van der Waals surface area contributed by atoms with Crippen molar-refractivity contribution in [2.75, 3.05) is 7.11 Å². The van der Waals surface area contributed by atoms with Gasteiger partial charge in [0.15, 0.2) is 0 Å². The third-order valence-electron chi connectivity index (χ3n) is 2.89. The van der Waals surface area contributed by atoms with Gasteiger partial charge in [-0.2, -0.15) is 0 Å². The van der Waals surface area contributed by atoms with Gasteiger partial charge in [-0.1, -0.05) is 18.9 Å². The zero-order valence-corrected chi connectivity index (χ0v) is 10.1. The lowest BCUT2D eigenvalue weighted by Crippen LogP contribution is -2.12. The SMILES string of the molecule is COc1ccc([C@@H](N)CC2CC2)c(F)c1.Cl. The van der Waals surface area contributed by atoms with E-state index in [2.05, 4.69) is 0 Å². The van der Waals surface area contributed by atoms with Gasteiger partial charge in [0.05, 0.1) is 7.11 Å². The van der Waals surface area contributed by atoms with Crippen molar-refractivity contribution in [3.63, 3.8) is 0 Å². The Hall–Kier alpha value is -0.800. The van der Waals surface area contributed by atoms with Gasteiger partial charge in [0.1, 0.15) is 11.6 Å². The number of hydrogen-bond acceptors (Lipinski definition) is 2. The van der Waals surface area contributed by atoms with Gasteiger partial charge in [0, 0.05) is 17.7 Å². The number of rotatable bonds is 4. The largest absolute Gasteiger partial charge is 0.497 e. The van der Waals surface area contributed by atoms with Crippen LogP contribution in [-0.4, -0.2) is 7.11 Å². The molecule has 0 radical (unpaired) electrons. The minimum Gasteiger partial charge on any atom is -0.497 e. The van der Waals surface area contributed by atoms with Crippen molar-refractivity contribution in [2.45, 2.75) is 25.3 Å². The Balaban J connectivity index is 0.00000128. The minimum absolute atomic E-state index is 0. The molecule has 4 heteroatoms. The second-order valence-electron chi connectivity index (χ2n) is 4.17. The van der Waals surface area contributed by atoms with E-state index in [1.807, 2.05) is 0 Å². The van der Waals surface area contributed by atoms with Gasteiger partial charge in [-0.15, -0.1) is 12.4 Å². The Morgan fingerprint density at radius 2 is 2.19 bits per heavy atom. The second-order valence-corrected chi connectivity index (χ2v) is 4.17. The maximum absolute atomic E-state index is 13.6. The van der Waals surface area contributed by atoms with Crippen LogP contribution in [-0.2, 0) is 0 Å². The van der Waals surface area contributed by atoms with Crippen molar-refractivity contribution in [3.8, 4) is 5.75 Å². The highest BCUT2D eigenvalue weighted by atomic mass is 35.5. The quantitative estimate of drug-likeness (QED) is 0.885. The molecule has 1 atom stereocenters. The lowest BCUT2D eigenvalue weighted by molar-refractivity contribution is 0.409. The van der Waals surface area contributed by atoms with Crippen LogP contribution in [0.5, 0.6) is 5.75 Å². The maximum atomic E-state index is 13.6. The highest BCUT2D eigenvalue weighted by molar-refractivity contribution is 5.85. The van der Waals surface area contributed by atoms with Gasteiger partial charge in [0.2, 0.25) is 0 Å². The van der Waals surface area contributed by atoms with Gasteiger partial charge in [-0.25, -0.2) is 4.39 Å². The molecule has 0 bridgehead atoms. The van der Waals surface area contributed by atoms with Crippen molar-refractivity contribution in [1.29, 1.82) is 0 Å². The van der Waals surface area contributed by atoms with Gasteiger partial charge >= 0.3 is 0 Å². The van der Waals surface area contributed by atoms with Crippen LogP contribution in [0.15, 0.2) is 18.2 Å². The zero-order valence-electron chi connectivity index (χ0n) is 9.28. The molecule has 0 unspecified atom stereocenters. The van der Waals surface area contributed by atoms with E-state index in [4.69, 9.17) is 10.5 Å². The van der Waals surface area contributed by atoms with E-state index < -0.39 is 0 Å². The molecule has 1 aromatic rings. The predicted octanol–water partition coefficient (Wildman–Crippen LogP) is 3.06. The van der Waals surface area contributed by atoms with Gasteiger partial charge in [-0.05, 0) is 18.4 Å². The molecule has 0 saturated heterocycles. The van der Waals surface area contributed by atoms with Crippen molar-refractivity contribution in [2.24, 2.45) is 11.7 Å². The molecule has 2 nitrogen and oxygen atoms in total. The standard InChI is InChI=1S/C12H16FNO.ClH/c1-15-9-4-5-10(11(13)7-9)12(14)6-8-2-3-8;/h4-5,7-8,12H,2-3,6,14H2,1H3;1H/t12-;/m0./s1. The number of benzene rings is 1. The summed E-state index contributed by atoms with van der Waals surface area (Å²) in [5.74, 6) is 0.985. The lowest BCUT2D eigenvalue weighted by Gasteiger charge is -2.13. The average molecular weight is 246 g/mol. The number of methoxy groups -OCH3 is 1. The first kappa shape index (κ1) is 13.3. The molecule has 0 spiro atoms. The molecule has 90 valence electrons. The highest BCUT2D eigenvalue weighted by Crippen LogP contribution is 2.37. The molecule has 2 N–H and O–H groups in total. The maximum Gasteiger partial charge on any atom is 0.131 e. The summed E-state index contributed by atoms with van der Waals surface area (Å²) in [6, 6.07) is 4.69. The first-order valence-electron chi connectivity index (χ1n) is 5.29. The fourth-order valence-electron chi connectivity index (χ4n) is 1.78. The summed E-state index contributed by atoms with van der Waals surface area (Å²) in [5.41, 5.74) is 6.55. The number of nitrogens with two attached hydrogens (primary N) is 1. The Morgan fingerprint density at radius 3 is 2.69 bits per heavy atom. The minimum atomic E-state index is -0.262. The van der Waals surface area contributed by atoms with Crippen LogP contribution in [0.2, 0.25) is 0 Å². The first-order valence-corrected chi connectivity index (χ1v) is 5.29. The smallest absolute Gasteiger partial charge is 0.131 e. The molecule has 1 fully saturated rings. The van der Waals surface area contributed by atoms with Crippen LogP contribution in [0.1, 0.15) is 30.9 Å². The lowest BCUT2D eigenvalue weighted by atomic mass is 10.0. The van der Waals surface area contributed by atoms with E-state index in [0.717, 1.165) is 6.42 Å². The molecule has 1 aliphatic carbocycles. The van der Waals surface area contributed by atoms with Crippen molar-refractivity contribution in [1.82, 2.24) is 0 Å². The summed E-state index contributed by atoms with van der Waals surface area (Å²) < 4.78 is 18.5. The van der Waals surface area contributed by atoms with E-state index in [-0.39, 0.29) is 24.3 Å². The molecule has 16 heavy (non-hydrogen) atoms. The Labute approximate surface area is 101 Å². The average Bonchev–Trinajstić information content (AvgIpc) is 3.01. The van der Waals surface area contributed by atoms with Gasteiger partial charge < -0.3 is 10.5 Å². The summed E-state index contributed by atoms with van der Waals surface area (Å²) in [5, 5.41) is 0. The summed E-state index contributed by atoms with van der Waals surface area (Å²) in [6.45, 7) is 0. The van der Waals surface area contributed by atoms with Crippen LogP contribution in [0.3, 0.4) is 0 Å². The first-order chi connectivity index (χ1) is 7.20. The number of hydrogen-bond donors (Lipinski definition) is 1. The second kappa shape index (κ2) is 5.51. The van der Waals surface area contributed by atoms with Crippen LogP contribution in [0.4, 0.5) is 4.39 Å². The van der Waals surface area contributed by atoms with Crippen LogP contribution in [0, 0.1) is 11.7 Å². The van der Waals surface area contributed by atoms with Crippen molar-refractivity contribution in [3.05, 3.63) is 29.6 Å². The molecule has 0 amide bonds. The monoisotopic (exact) mass is 245 g/mol. The predicted molar refractivity (Wildman–Crippen MR) is 64.5 cm³/mol. The van der Waals surface area contributed by atoms with Crippen molar-refractivity contribution < 1.29 is 9.13 Å². The van der Waals surface area contributed by atoms with Crippen molar-refractivity contribution >= 4 is 12.4 Å². The third kappa shape index (κ3) is 3.09. The topological polar surface area (TPSA) is 35.2 Å². The van der Waals surface area contributed by atoms with Gasteiger partial charge in [-0.3, -0.25) is 0 Å². The number of ether oxygens (including phenoxy) is 1.